The number of carbonyl (C=O) groups excluding carboxylic acids is 2. The Balaban J connectivity index is 1.43. The number of piperidine rings is 1. The molecule has 0 radical (unpaired) electrons. The van der Waals surface area contributed by atoms with Crippen molar-refractivity contribution in [2.75, 3.05) is 25.1 Å². The van der Waals surface area contributed by atoms with Gasteiger partial charge in [0.05, 0.1) is 5.52 Å². The molecule has 7 heteroatoms. The molecule has 2 amide bonds. The maximum absolute atomic E-state index is 13.1. The summed E-state index contributed by atoms with van der Waals surface area (Å²) >= 11 is 1.68. The summed E-state index contributed by atoms with van der Waals surface area (Å²) in [5, 5.41) is 7.18. The molecule has 2 saturated heterocycles. The predicted octanol–water partition coefficient (Wildman–Crippen LogP) is 2.83. The molecule has 4 rings (SSSR count). The molecule has 2 fully saturated rings. The molecule has 30 heavy (non-hydrogen) atoms. The van der Waals surface area contributed by atoms with Crippen LogP contribution in [0.3, 0.4) is 0 Å². The summed E-state index contributed by atoms with van der Waals surface area (Å²) in [5.74, 6) is 0.437. The highest BCUT2D eigenvalue weighted by atomic mass is 32.2. The summed E-state index contributed by atoms with van der Waals surface area (Å²) in [6.07, 6.45) is 7.24. The van der Waals surface area contributed by atoms with E-state index in [4.69, 9.17) is 0 Å². The number of carbonyl (C=O) groups is 2. The monoisotopic (exact) mass is 426 g/mol. The van der Waals surface area contributed by atoms with Gasteiger partial charge in [0.2, 0.25) is 5.91 Å². The number of amides is 2. The van der Waals surface area contributed by atoms with Crippen molar-refractivity contribution in [1.82, 2.24) is 20.5 Å². The molecule has 0 unspecified atom stereocenters. The zero-order chi connectivity index (χ0) is 20.9. The van der Waals surface area contributed by atoms with Crippen molar-refractivity contribution in [2.24, 2.45) is 0 Å². The molecule has 0 saturated carbocycles. The number of thioether (sulfide) groups is 1. The minimum Gasteiger partial charge on any atom is -0.350 e. The van der Waals surface area contributed by atoms with Crippen molar-refractivity contribution in [3.63, 3.8) is 0 Å². The lowest BCUT2D eigenvalue weighted by Gasteiger charge is -2.33. The number of hydrogen-bond donors (Lipinski definition) is 2. The third-order valence-corrected chi connectivity index (χ3v) is 6.89. The molecule has 1 aromatic carbocycles. The van der Waals surface area contributed by atoms with E-state index in [2.05, 4.69) is 20.5 Å². The lowest BCUT2D eigenvalue weighted by atomic mass is 9.98. The van der Waals surface area contributed by atoms with Gasteiger partial charge in [0.1, 0.15) is 11.7 Å². The molecule has 6 nitrogen and oxygen atoms in total. The standard InChI is InChI=1S/C23H30N4O2S/c1-30-15-12-20(23(29)25-18-11-14-27-13-5-4-8-21(18)27)26-22(28)19-10-9-16-6-2-3-7-17(16)24-19/h2-3,6-7,9-10,18,20-21H,4-5,8,11-15H2,1H3,(H,25,29)(H,26,28)/t18-,20-,21-/m0/s1. The van der Waals surface area contributed by atoms with Crippen LogP contribution in [0.1, 0.15) is 42.6 Å². The Bertz CT molecular complexity index is 906. The molecular formula is C23H30N4O2S. The molecule has 2 aromatic rings. The second kappa shape index (κ2) is 9.79. The normalized spacial score (nSPS) is 22.4. The first-order valence-electron chi connectivity index (χ1n) is 10.9. The topological polar surface area (TPSA) is 74.3 Å². The average molecular weight is 427 g/mol. The third kappa shape index (κ3) is 4.78. The molecule has 3 atom stereocenters. The van der Waals surface area contributed by atoms with Gasteiger partial charge in [0, 0.05) is 24.0 Å². The second-order valence-electron chi connectivity index (χ2n) is 8.20. The molecule has 1 aromatic heterocycles. The van der Waals surface area contributed by atoms with E-state index in [0.717, 1.165) is 42.6 Å². The van der Waals surface area contributed by atoms with E-state index in [0.29, 0.717) is 18.2 Å². The highest BCUT2D eigenvalue weighted by Gasteiger charge is 2.37. The van der Waals surface area contributed by atoms with Crippen LogP contribution in [0.25, 0.3) is 10.9 Å². The Labute approximate surface area is 182 Å². The smallest absolute Gasteiger partial charge is 0.270 e. The highest BCUT2D eigenvalue weighted by Crippen LogP contribution is 2.27. The summed E-state index contributed by atoms with van der Waals surface area (Å²) in [5.41, 5.74) is 1.12. The largest absolute Gasteiger partial charge is 0.350 e. The summed E-state index contributed by atoms with van der Waals surface area (Å²) in [7, 11) is 0. The van der Waals surface area contributed by atoms with Crippen LogP contribution < -0.4 is 10.6 Å². The van der Waals surface area contributed by atoms with Crippen LogP contribution in [-0.4, -0.2) is 64.9 Å². The first-order chi connectivity index (χ1) is 14.7. The molecule has 0 bridgehead atoms. The number of hydrogen-bond acceptors (Lipinski definition) is 5. The van der Waals surface area contributed by atoms with Gasteiger partial charge in [0.15, 0.2) is 0 Å². The Hall–Kier alpha value is -2.12. The number of rotatable bonds is 7. The maximum atomic E-state index is 13.1. The number of nitrogens with zero attached hydrogens (tertiary/aromatic N) is 2. The van der Waals surface area contributed by atoms with Crippen LogP contribution in [0.15, 0.2) is 36.4 Å². The summed E-state index contributed by atoms with van der Waals surface area (Å²) in [4.78, 5) is 32.9. The Morgan fingerprint density at radius 2 is 2.03 bits per heavy atom. The van der Waals surface area contributed by atoms with E-state index in [-0.39, 0.29) is 17.9 Å². The number of aromatic nitrogens is 1. The van der Waals surface area contributed by atoms with Gasteiger partial charge in [-0.3, -0.25) is 14.5 Å². The zero-order valence-electron chi connectivity index (χ0n) is 17.5. The van der Waals surface area contributed by atoms with Crippen molar-refractivity contribution in [3.05, 3.63) is 42.1 Å². The highest BCUT2D eigenvalue weighted by molar-refractivity contribution is 7.98. The Morgan fingerprint density at radius 3 is 2.90 bits per heavy atom. The molecule has 160 valence electrons. The average Bonchev–Trinajstić information content (AvgIpc) is 3.18. The second-order valence-corrected chi connectivity index (χ2v) is 9.19. The van der Waals surface area contributed by atoms with Gasteiger partial charge < -0.3 is 10.6 Å². The van der Waals surface area contributed by atoms with Gasteiger partial charge in [-0.2, -0.15) is 11.8 Å². The number of fused-ring (bicyclic) bond motifs is 2. The molecule has 0 aliphatic carbocycles. The number of para-hydroxylation sites is 1. The third-order valence-electron chi connectivity index (χ3n) is 6.25. The number of pyridine rings is 1. The van der Waals surface area contributed by atoms with Crippen molar-refractivity contribution in [2.45, 2.75) is 50.2 Å². The van der Waals surface area contributed by atoms with Crippen molar-refractivity contribution < 1.29 is 9.59 Å². The first kappa shape index (κ1) is 21.1. The fourth-order valence-corrected chi connectivity index (χ4v) is 5.10. The van der Waals surface area contributed by atoms with Crippen LogP contribution in [0.4, 0.5) is 0 Å². The summed E-state index contributed by atoms with van der Waals surface area (Å²) in [6, 6.07) is 11.4. The molecule has 2 N–H and O–H groups in total. The zero-order valence-corrected chi connectivity index (χ0v) is 18.3. The van der Waals surface area contributed by atoms with Gasteiger partial charge in [-0.05, 0) is 56.4 Å². The van der Waals surface area contributed by atoms with Gasteiger partial charge in [-0.25, -0.2) is 4.98 Å². The van der Waals surface area contributed by atoms with E-state index >= 15 is 0 Å². The number of benzene rings is 1. The van der Waals surface area contributed by atoms with E-state index in [1.807, 2.05) is 36.6 Å². The van der Waals surface area contributed by atoms with Gasteiger partial charge in [0.25, 0.3) is 5.91 Å². The molecule has 3 heterocycles. The van der Waals surface area contributed by atoms with Gasteiger partial charge in [-0.1, -0.05) is 30.7 Å². The van der Waals surface area contributed by atoms with Crippen molar-refractivity contribution in [3.8, 4) is 0 Å². The van der Waals surface area contributed by atoms with Crippen LogP contribution in [0.5, 0.6) is 0 Å². The minimum atomic E-state index is -0.545. The lowest BCUT2D eigenvalue weighted by Crippen LogP contribution is -2.53. The molecule has 2 aliphatic rings. The lowest BCUT2D eigenvalue weighted by molar-refractivity contribution is -0.124. The SMILES string of the molecule is CSCC[C@H](NC(=O)c1ccc2ccccc2n1)C(=O)N[C@H]1CCN2CCCC[C@@H]12. The van der Waals surface area contributed by atoms with Crippen LogP contribution in [0, 0.1) is 0 Å². The van der Waals surface area contributed by atoms with Crippen molar-refractivity contribution in [1.29, 1.82) is 0 Å². The maximum Gasteiger partial charge on any atom is 0.270 e. The van der Waals surface area contributed by atoms with E-state index in [1.165, 1.54) is 12.8 Å². The van der Waals surface area contributed by atoms with Gasteiger partial charge >= 0.3 is 0 Å². The van der Waals surface area contributed by atoms with Crippen LogP contribution in [0.2, 0.25) is 0 Å². The van der Waals surface area contributed by atoms with E-state index < -0.39 is 6.04 Å². The Morgan fingerprint density at radius 1 is 1.17 bits per heavy atom. The summed E-state index contributed by atoms with van der Waals surface area (Å²) in [6.45, 7) is 2.19. The fourth-order valence-electron chi connectivity index (χ4n) is 4.63. The summed E-state index contributed by atoms with van der Waals surface area (Å²) < 4.78 is 0. The number of nitrogens with one attached hydrogen (secondary N) is 2. The molecule has 0 spiro atoms. The minimum absolute atomic E-state index is 0.0735. The van der Waals surface area contributed by atoms with Crippen LogP contribution in [-0.2, 0) is 4.79 Å². The fraction of sp³-hybridized carbons (Fsp3) is 0.522. The van der Waals surface area contributed by atoms with Crippen molar-refractivity contribution >= 4 is 34.5 Å². The van der Waals surface area contributed by atoms with Crippen LogP contribution >= 0.6 is 11.8 Å². The first-order valence-corrected chi connectivity index (χ1v) is 12.2. The molecule has 2 aliphatic heterocycles. The molecular weight excluding hydrogens is 396 g/mol. The van der Waals surface area contributed by atoms with E-state index in [1.54, 1.807) is 17.8 Å². The van der Waals surface area contributed by atoms with E-state index in [9.17, 15) is 9.59 Å². The quantitative estimate of drug-likeness (QED) is 0.712. The predicted molar refractivity (Wildman–Crippen MR) is 122 cm³/mol. The Kier molecular flexibility index (Phi) is 6.89. The van der Waals surface area contributed by atoms with Gasteiger partial charge in [-0.15, -0.1) is 0 Å².